The average Bonchev–Trinajstić information content (AvgIpc) is 2.28. The number of halogens is 1. The second-order valence-corrected chi connectivity index (χ2v) is 4.75. The van der Waals surface area contributed by atoms with E-state index >= 15 is 0 Å². The first kappa shape index (κ1) is 11.9. The number of carbonyl (C=O) groups excluding carboxylic acids is 1. The Morgan fingerprint density at radius 3 is 2.24 bits per heavy atom. The largest absolute Gasteiger partial charge is 0.508 e. The first-order valence-electron chi connectivity index (χ1n) is 5.17. The van der Waals surface area contributed by atoms with Gasteiger partial charge >= 0.3 is 0 Å². The molecule has 0 fully saturated rings. The molecule has 0 heterocycles. The van der Waals surface area contributed by atoms with Crippen molar-refractivity contribution in [1.29, 1.82) is 0 Å². The van der Waals surface area contributed by atoms with Crippen LogP contribution in [0.2, 0.25) is 0 Å². The third-order valence-electron chi connectivity index (χ3n) is 2.51. The van der Waals surface area contributed by atoms with Gasteiger partial charge in [-0.15, -0.1) is 0 Å². The van der Waals surface area contributed by atoms with E-state index in [1.165, 1.54) is 0 Å². The summed E-state index contributed by atoms with van der Waals surface area (Å²) in [6, 6.07) is 12.6. The normalized spacial score (nSPS) is 10.2. The maximum absolute atomic E-state index is 11.2. The summed E-state index contributed by atoms with van der Waals surface area (Å²) < 4.78 is 0.822. The molecular weight excluding hydrogens is 280 g/mol. The van der Waals surface area contributed by atoms with E-state index in [0.717, 1.165) is 15.6 Å². The van der Waals surface area contributed by atoms with Crippen molar-refractivity contribution >= 4 is 21.7 Å². The molecule has 0 radical (unpaired) electrons. The molecule has 0 aliphatic carbocycles. The Morgan fingerprint density at radius 1 is 1.06 bits per heavy atom. The van der Waals surface area contributed by atoms with Crippen molar-refractivity contribution in [1.82, 2.24) is 0 Å². The molecule has 2 aromatic carbocycles. The van der Waals surface area contributed by atoms with Crippen LogP contribution in [0.15, 0.2) is 46.9 Å². The number of aromatic hydroxyl groups is 1. The fourth-order valence-electron chi connectivity index (χ4n) is 1.64. The fraction of sp³-hybridized carbons (Fsp3) is 0.0714. The minimum absolute atomic E-state index is 0.0497. The zero-order valence-electron chi connectivity index (χ0n) is 9.27. The van der Waals surface area contributed by atoms with Gasteiger partial charge in [0.25, 0.3) is 0 Å². The lowest BCUT2D eigenvalue weighted by molar-refractivity contribution is 0.101. The van der Waals surface area contributed by atoms with E-state index in [0.29, 0.717) is 5.56 Å². The maximum Gasteiger partial charge on any atom is 0.159 e. The van der Waals surface area contributed by atoms with Crippen LogP contribution < -0.4 is 0 Å². The van der Waals surface area contributed by atoms with E-state index in [2.05, 4.69) is 15.9 Å². The summed E-state index contributed by atoms with van der Waals surface area (Å²) in [6.07, 6.45) is 0. The predicted molar refractivity (Wildman–Crippen MR) is 71.2 cm³/mol. The van der Waals surface area contributed by atoms with Crippen LogP contribution in [0.3, 0.4) is 0 Å². The average molecular weight is 291 g/mol. The molecule has 0 aromatic heterocycles. The van der Waals surface area contributed by atoms with Crippen LogP contribution >= 0.6 is 15.9 Å². The predicted octanol–water partition coefficient (Wildman–Crippen LogP) is 4.02. The Morgan fingerprint density at radius 2 is 1.71 bits per heavy atom. The smallest absolute Gasteiger partial charge is 0.159 e. The van der Waals surface area contributed by atoms with Crippen LogP contribution in [0.1, 0.15) is 17.3 Å². The van der Waals surface area contributed by atoms with Crippen molar-refractivity contribution in [2.24, 2.45) is 0 Å². The highest BCUT2D eigenvalue weighted by Crippen LogP contribution is 2.28. The van der Waals surface area contributed by atoms with E-state index in [4.69, 9.17) is 0 Å². The number of benzene rings is 2. The van der Waals surface area contributed by atoms with Gasteiger partial charge in [-0.3, -0.25) is 4.79 Å². The molecule has 0 aliphatic heterocycles. The van der Waals surface area contributed by atoms with Gasteiger partial charge in [0.2, 0.25) is 0 Å². The Kier molecular flexibility index (Phi) is 3.29. The molecule has 2 aromatic rings. The minimum Gasteiger partial charge on any atom is -0.508 e. The van der Waals surface area contributed by atoms with Gasteiger partial charge in [-0.2, -0.15) is 0 Å². The summed E-state index contributed by atoms with van der Waals surface area (Å²) in [5.41, 5.74) is 2.56. The van der Waals surface area contributed by atoms with E-state index in [1.807, 2.05) is 18.2 Å². The molecule has 0 bridgehead atoms. The van der Waals surface area contributed by atoms with Gasteiger partial charge < -0.3 is 5.11 Å². The maximum atomic E-state index is 11.2. The van der Waals surface area contributed by atoms with Crippen LogP contribution in [0.25, 0.3) is 11.1 Å². The molecule has 0 spiro atoms. The van der Waals surface area contributed by atoms with Crippen LogP contribution in [0.4, 0.5) is 0 Å². The summed E-state index contributed by atoms with van der Waals surface area (Å²) in [5, 5.41) is 9.51. The van der Waals surface area contributed by atoms with Gasteiger partial charge in [-0.1, -0.05) is 40.2 Å². The van der Waals surface area contributed by atoms with Crippen molar-refractivity contribution in [3.63, 3.8) is 0 Å². The number of hydrogen-bond donors (Lipinski definition) is 1. The molecule has 3 heteroatoms. The quantitative estimate of drug-likeness (QED) is 0.848. The second kappa shape index (κ2) is 4.72. The Hall–Kier alpha value is -1.61. The molecule has 0 atom stereocenters. The highest BCUT2D eigenvalue weighted by atomic mass is 79.9. The zero-order valence-corrected chi connectivity index (χ0v) is 10.9. The minimum atomic E-state index is 0.0497. The van der Waals surface area contributed by atoms with Gasteiger partial charge in [-0.25, -0.2) is 0 Å². The van der Waals surface area contributed by atoms with Crippen molar-refractivity contribution in [3.05, 3.63) is 52.5 Å². The fourth-order valence-corrected chi connectivity index (χ4v) is 2.12. The summed E-state index contributed by atoms with van der Waals surface area (Å²) in [4.78, 5) is 11.2. The van der Waals surface area contributed by atoms with Crippen molar-refractivity contribution in [2.75, 3.05) is 0 Å². The van der Waals surface area contributed by atoms with E-state index in [9.17, 15) is 9.90 Å². The molecule has 86 valence electrons. The lowest BCUT2D eigenvalue weighted by Crippen LogP contribution is -1.90. The molecular formula is C14H11BrO2. The summed E-state index contributed by atoms with van der Waals surface area (Å²) in [7, 11) is 0. The summed E-state index contributed by atoms with van der Waals surface area (Å²) in [5.74, 6) is 0.263. The van der Waals surface area contributed by atoms with E-state index in [-0.39, 0.29) is 11.5 Å². The van der Waals surface area contributed by atoms with Gasteiger partial charge in [0.1, 0.15) is 5.75 Å². The molecule has 17 heavy (non-hydrogen) atoms. The molecule has 0 aliphatic rings. The lowest BCUT2D eigenvalue weighted by atomic mass is 10.0. The van der Waals surface area contributed by atoms with Gasteiger partial charge in [0.05, 0.1) is 0 Å². The number of rotatable bonds is 2. The van der Waals surface area contributed by atoms with Gasteiger partial charge in [0.15, 0.2) is 5.78 Å². The highest BCUT2D eigenvalue weighted by molar-refractivity contribution is 9.10. The van der Waals surface area contributed by atoms with Gasteiger partial charge in [-0.05, 0) is 36.2 Å². The van der Waals surface area contributed by atoms with Crippen LogP contribution in [0, 0.1) is 0 Å². The Balaban J connectivity index is 2.43. The number of hydrogen-bond acceptors (Lipinski definition) is 2. The van der Waals surface area contributed by atoms with E-state index < -0.39 is 0 Å². The zero-order chi connectivity index (χ0) is 12.4. The molecule has 0 saturated carbocycles. The number of carbonyl (C=O) groups is 1. The third kappa shape index (κ3) is 2.74. The molecule has 0 amide bonds. The third-order valence-corrected chi connectivity index (χ3v) is 2.97. The first-order chi connectivity index (χ1) is 8.06. The van der Waals surface area contributed by atoms with Crippen LogP contribution in [-0.2, 0) is 0 Å². The van der Waals surface area contributed by atoms with E-state index in [1.54, 1.807) is 31.2 Å². The number of Topliss-reactive ketones (excluding diaryl/α,β-unsaturated/α-hetero) is 1. The monoisotopic (exact) mass is 290 g/mol. The Bertz CT molecular complexity index is 539. The summed E-state index contributed by atoms with van der Waals surface area (Å²) >= 11 is 3.33. The highest BCUT2D eigenvalue weighted by Gasteiger charge is 2.03. The lowest BCUT2D eigenvalue weighted by Gasteiger charge is -2.04. The molecule has 2 rings (SSSR count). The molecule has 2 nitrogen and oxygen atoms in total. The standard InChI is InChI=1S/C14H11BrO2/c1-9(16)10-2-4-11(5-3-10)12-6-13(15)8-14(17)7-12/h2-8,17H,1H3. The first-order valence-corrected chi connectivity index (χ1v) is 5.96. The molecule has 1 N–H and O–H groups in total. The van der Waals surface area contributed by atoms with Crippen LogP contribution in [0.5, 0.6) is 5.75 Å². The molecule has 0 saturated heterocycles. The summed E-state index contributed by atoms with van der Waals surface area (Å²) in [6.45, 7) is 1.54. The molecule has 0 unspecified atom stereocenters. The van der Waals surface area contributed by atoms with Crippen molar-refractivity contribution in [2.45, 2.75) is 6.92 Å². The van der Waals surface area contributed by atoms with Crippen molar-refractivity contribution in [3.8, 4) is 16.9 Å². The Labute approximate surface area is 108 Å². The number of ketones is 1. The van der Waals surface area contributed by atoms with Crippen LogP contribution in [-0.4, -0.2) is 10.9 Å². The topological polar surface area (TPSA) is 37.3 Å². The second-order valence-electron chi connectivity index (χ2n) is 3.83. The number of phenols is 1. The van der Waals surface area contributed by atoms with Gasteiger partial charge in [0, 0.05) is 10.0 Å². The van der Waals surface area contributed by atoms with Crippen molar-refractivity contribution < 1.29 is 9.90 Å². The number of phenolic OH excluding ortho intramolecular Hbond substituents is 1. The SMILES string of the molecule is CC(=O)c1ccc(-c2cc(O)cc(Br)c2)cc1.